The van der Waals surface area contributed by atoms with Crippen molar-refractivity contribution in [2.45, 2.75) is 12.8 Å². The van der Waals surface area contributed by atoms with Crippen LogP contribution >= 0.6 is 12.4 Å². The van der Waals surface area contributed by atoms with Gasteiger partial charge in [-0.1, -0.05) is 6.08 Å². The molecule has 2 atom stereocenters. The molecule has 0 aromatic heterocycles. The number of hydrogen-bond donors (Lipinski definition) is 2. The van der Waals surface area contributed by atoms with E-state index in [1.54, 1.807) is 0 Å². The van der Waals surface area contributed by atoms with Gasteiger partial charge < -0.3 is 10.4 Å². The number of carboxylic acid groups (broad SMARTS) is 1. The molecule has 0 bridgehead atoms. The summed E-state index contributed by atoms with van der Waals surface area (Å²) in [6, 6.07) is 0. The molecule has 1 rings (SSSR count). The maximum Gasteiger partial charge on any atom is 0.303 e. The first-order valence-corrected chi connectivity index (χ1v) is 4.29. The second-order valence-corrected chi connectivity index (χ2v) is 3.25. The molecular weight excluding hydrogens is 190 g/mol. The smallest absolute Gasteiger partial charge is 0.303 e. The summed E-state index contributed by atoms with van der Waals surface area (Å²) >= 11 is 0. The highest BCUT2D eigenvalue weighted by Crippen LogP contribution is 2.23. The lowest BCUT2D eigenvalue weighted by molar-refractivity contribution is -0.138. The first-order chi connectivity index (χ1) is 5.74. The van der Waals surface area contributed by atoms with E-state index in [0.29, 0.717) is 5.92 Å². The molecule has 4 heteroatoms. The van der Waals surface area contributed by atoms with Crippen LogP contribution in [0.3, 0.4) is 0 Å². The number of halogens is 1. The maximum atomic E-state index is 10.5. The number of hydrogen-bond acceptors (Lipinski definition) is 2. The zero-order valence-electron chi connectivity index (χ0n) is 7.53. The minimum atomic E-state index is -0.700. The van der Waals surface area contributed by atoms with Crippen LogP contribution in [0.5, 0.6) is 0 Å². The van der Waals surface area contributed by atoms with E-state index in [0.717, 1.165) is 19.5 Å². The zero-order valence-corrected chi connectivity index (χ0v) is 8.35. The van der Waals surface area contributed by atoms with Gasteiger partial charge in [0.2, 0.25) is 0 Å². The van der Waals surface area contributed by atoms with E-state index in [2.05, 4.69) is 11.9 Å². The highest BCUT2D eigenvalue weighted by molar-refractivity contribution is 5.85. The van der Waals surface area contributed by atoms with Crippen LogP contribution in [0, 0.1) is 11.8 Å². The summed E-state index contributed by atoms with van der Waals surface area (Å²) in [5, 5.41) is 11.8. The minimum Gasteiger partial charge on any atom is -0.481 e. The van der Waals surface area contributed by atoms with Crippen molar-refractivity contribution < 1.29 is 9.90 Å². The van der Waals surface area contributed by atoms with Crippen molar-refractivity contribution in [2.24, 2.45) is 11.8 Å². The molecule has 0 aromatic carbocycles. The van der Waals surface area contributed by atoms with Crippen molar-refractivity contribution in [1.82, 2.24) is 5.32 Å². The van der Waals surface area contributed by atoms with Gasteiger partial charge in [0, 0.05) is 13.0 Å². The molecule has 76 valence electrons. The molecule has 1 aliphatic rings. The lowest BCUT2D eigenvalue weighted by Gasteiger charge is -2.28. The minimum absolute atomic E-state index is 0. The SMILES string of the molecule is C=C[C@H]1CNCC[C@H]1CC(=O)O.Cl. The highest BCUT2D eigenvalue weighted by Gasteiger charge is 2.24. The number of aliphatic carboxylic acids is 1. The third-order valence-corrected chi connectivity index (χ3v) is 2.42. The summed E-state index contributed by atoms with van der Waals surface area (Å²) in [5.41, 5.74) is 0. The van der Waals surface area contributed by atoms with Gasteiger partial charge in [0.15, 0.2) is 0 Å². The molecule has 1 aliphatic heterocycles. The summed E-state index contributed by atoms with van der Waals surface area (Å²) in [6.45, 7) is 5.52. The Morgan fingerprint density at radius 2 is 2.38 bits per heavy atom. The van der Waals surface area contributed by atoms with Gasteiger partial charge in [-0.25, -0.2) is 0 Å². The summed E-state index contributed by atoms with van der Waals surface area (Å²) in [4.78, 5) is 10.5. The Balaban J connectivity index is 0.00000144. The first-order valence-electron chi connectivity index (χ1n) is 4.29. The van der Waals surface area contributed by atoms with Gasteiger partial charge in [0.05, 0.1) is 0 Å². The number of piperidine rings is 1. The Hall–Kier alpha value is -0.540. The molecule has 0 unspecified atom stereocenters. The number of carboxylic acids is 1. The Morgan fingerprint density at radius 3 is 2.92 bits per heavy atom. The van der Waals surface area contributed by atoms with Crippen molar-refractivity contribution in [3.8, 4) is 0 Å². The first kappa shape index (κ1) is 12.5. The van der Waals surface area contributed by atoms with Gasteiger partial charge >= 0.3 is 5.97 Å². The van der Waals surface area contributed by atoms with E-state index in [4.69, 9.17) is 5.11 Å². The van der Waals surface area contributed by atoms with E-state index in [1.165, 1.54) is 0 Å². The number of carbonyl (C=O) groups is 1. The average molecular weight is 206 g/mol. The zero-order chi connectivity index (χ0) is 8.97. The van der Waals surface area contributed by atoms with Gasteiger partial charge in [-0.05, 0) is 24.8 Å². The fraction of sp³-hybridized carbons (Fsp3) is 0.667. The second-order valence-electron chi connectivity index (χ2n) is 3.25. The van der Waals surface area contributed by atoms with Crippen LogP contribution in [-0.4, -0.2) is 24.2 Å². The predicted octanol–water partition coefficient (Wildman–Crippen LogP) is 1.29. The predicted molar refractivity (Wildman–Crippen MR) is 54.2 cm³/mol. The van der Waals surface area contributed by atoms with Crippen LogP contribution in [0.15, 0.2) is 12.7 Å². The van der Waals surface area contributed by atoms with Gasteiger partial charge in [0.1, 0.15) is 0 Å². The Kier molecular flexibility index (Phi) is 5.75. The molecule has 0 radical (unpaired) electrons. The summed E-state index contributed by atoms with van der Waals surface area (Å²) in [5.74, 6) is -0.0927. The standard InChI is InChI=1S/C9H15NO2.ClH/c1-2-7-6-10-4-3-8(7)5-9(11)12;/h2,7-8,10H,1,3-6H2,(H,11,12);1H/t7-,8-;/m0./s1. The number of nitrogens with one attached hydrogen (secondary N) is 1. The van der Waals surface area contributed by atoms with Crippen LogP contribution in [-0.2, 0) is 4.79 Å². The van der Waals surface area contributed by atoms with Crippen molar-refractivity contribution in [3.63, 3.8) is 0 Å². The van der Waals surface area contributed by atoms with Crippen molar-refractivity contribution in [2.75, 3.05) is 13.1 Å². The molecular formula is C9H16ClNO2. The normalized spacial score (nSPS) is 27.4. The van der Waals surface area contributed by atoms with Crippen molar-refractivity contribution in [3.05, 3.63) is 12.7 Å². The quantitative estimate of drug-likeness (QED) is 0.683. The van der Waals surface area contributed by atoms with Crippen LogP contribution in [0.2, 0.25) is 0 Å². The lowest BCUT2D eigenvalue weighted by atomic mass is 9.84. The van der Waals surface area contributed by atoms with E-state index in [-0.39, 0.29) is 24.7 Å². The molecule has 13 heavy (non-hydrogen) atoms. The summed E-state index contributed by atoms with van der Waals surface area (Å²) < 4.78 is 0. The molecule has 0 aromatic rings. The van der Waals surface area contributed by atoms with E-state index in [1.807, 2.05) is 6.08 Å². The molecule has 3 nitrogen and oxygen atoms in total. The Morgan fingerprint density at radius 1 is 1.69 bits per heavy atom. The van der Waals surface area contributed by atoms with Gasteiger partial charge in [-0.2, -0.15) is 0 Å². The van der Waals surface area contributed by atoms with Gasteiger partial charge in [-0.3, -0.25) is 4.79 Å². The van der Waals surface area contributed by atoms with Crippen LogP contribution in [0.4, 0.5) is 0 Å². The van der Waals surface area contributed by atoms with E-state index >= 15 is 0 Å². The highest BCUT2D eigenvalue weighted by atomic mass is 35.5. The van der Waals surface area contributed by atoms with Crippen LogP contribution < -0.4 is 5.32 Å². The maximum absolute atomic E-state index is 10.5. The molecule has 0 amide bonds. The Labute approximate surface area is 84.6 Å². The molecule has 0 saturated carbocycles. The van der Waals surface area contributed by atoms with Crippen molar-refractivity contribution in [1.29, 1.82) is 0 Å². The van der Waals surface area contributed by atoms with Crippen LogP contribution in [0.25, 0.3) is 0 Å². The average Bonchev–Trinajstić information content (AvgIpc) is 2.04. The summed E-state index contributed by atoms with van der Waals surface area (Å²) in [6.07, 6.45) is 3.08. The third kappa shape index (κ3) is 3.79. The monoisotopic (exact) mass is 205 g/mol. The van der Waals surface area contributed by atoms with E-state index < -0.39 is 5.97 Å². The largest absolute Gasteiger partial charge is 0.481 e. The Bertz CT molecular complexity index is 184. The second kappa shape index (κ2) is 6.00. The van der Waals surface area contributed by atoms with Gasteiger partial charge in [-0.15, -0.1) is 19.0 Å². The summed E-state index contributed by atoms with van der Waals surface area (Å²) in [7, 11) is 0. The van der Waals surface area contributed by atoms with E-state index in [9.17, 15) is 4.79 Å². The topological polar surface area (TPSA) is 49.3 Å². The molecule has 0 aliphatic carbocycles. The molecule has 1 heterocycles. The molecule has 1 fully saturated rings. The van der Waals surface area contributed by atoms with Crippen LogP contribution in [0.1, 0.15) is 12.8 Å². The fourth-order valence-electron chi connectivity index (χ4n) is 1.69. The molecule has 1 saturated heterocycles. The number of rotatable bonds is 3. The molecule has 0 spiro atoms. The lowest BCUT2D eigenvalue weighted by Crippen LogP contribution is -2.36. The van der Waals surface area contributed by atoms with Gasteiger partial charge in [0.25, 0.3) is 0 Å². The third-order valence-electron chi connectivity index (χ3n) is 2.42. The fourth-order valence-corrected chi connectivity index (χ4v) is 1.69. The molecule has 2 N–H and O–H groups in total. The van der Waals surface area contributed by atoms with Crippen molar-refractivity contribution >= 4 is 18.4 Å².